The molecule has 7 heteroatoms. The standard InChI is InChI=1S/C28H27N3O4/c1-15-14-34-25-17(3)26-19(12-18(15)25)16(2)20(28(33)35-26)13-24(32)31-11-7-6-10-23(31)27-29-21-8-4-5-9-22(21)30-27/h4-5,8-9,12,14,23H,6-7,10-11,13H2,1-3H3,(H,29,30)/t23-/m1/s1. The number of amides is 1. The van der Waals surface area contributed by atoms with Crippen molar-refractivity contribution in [2.75, 3.05) is 6.54 Å². The van der Waals surface area contributed by atoms with Crippen LogP contribution in [-0.2, 0) is 11.2 Å². The third kappa shape index (κ3) is 3.45. The number of furan rings is 1. The van der Waals surface area contributed by atoms with E-state index in [1.165, 1.54) is 0 Å². The molecule has 0 aliphatic carbocycles. The Balaban J connectivity index is 1.38. The van der Waals surface area contributed by atoms with Crippen molar-refractivity contribution in [3.05, 3.63) is 75.1 Å². The zero-order valence-corrected chi connectivity index (χ0v) is 20.1. The summed E-state index contributed by atoms with van der Waals surface area (Å²) < 4.78 is 11.4. The second-order valence-corrected chi connectivity index (χ2v) is 9.58. The summed E-state index contributed by atoms with van der Waals surface area (Å²) in [6, 6.07) is 9.75. The summed E-state index contributed by atoms with van der Waals surface area (Å²) in [6.45, 7) is 6.43. The Morgan fingerprint density at radius 3 is 2.77 bits per heavy atom. The lowest BCUT2D eigenvalue weighted by atomic mass is 9.97. The highest BCUT2D eigenvalue weighted by molar-refractivity contribution is 6.00. The third-order valence-electron chi connectivity index (χ3n) is 7.41. The predicted molar refractivity (Wildman–Crippen MR) is 135 cm³/mol. The van der Waals surface area contributed by atoms with Crippen LogP contribution >= 0.6 is 0 Å². The number of carbonyl (C=O) groups is 1. The Morgan fingerprint density at radius 1 is 1.11 bits per heavy atom. The maximum atomic E-state index is 13.6. The number of hydrogen-bond donors (Lipinski definition) is 1. The molecule has 0 unspecified atom stereocenters. The molecule has 4 heterocycles. The van der Waals surface area contributed by atoms with Gasteiger partial charge in [-0.2, -0.15) is 0 Å². The van der Waals surface area contributed by atoms with Crippen LogP contribution in [0.5, 0.6) is 0 Å². The Morgan fingerprint density at radius 2 is 1.94 bits per heavy atom. The van der Waals surface area contributed by atoms with Crippen molar-refractivity contribution in [1.29, 1.82) is 0 Å². The zero-order chi connectivity index (χ0) is 24.3. The molecule has 3 aromatic heterocycles. The van der Waals surface area contributed by atoms with Gasteiger partial charge in [-0.15, -0.1) is 0 Å². The summed E-state index contributed by atoms with van der Waals surface area (Å²) in [5, 5.41) is 1.83. The van der Waals surface area contributed by atoms with Gasteiger partial charge in [0.2, 0.25) is 5.91 Å². The van der Waals surface area contributed by atoms with E-state index >= 15 is 0 Å². The van der Waals surface area contributed by atoms with Gasteiger partial charge < -0.3 is 18.7 Å². The molecule has 0 radical (unpaired) electrons. The third-order valence-corrected chi connectivity index (χ3v) is 7.41. The quantitative estimate of drug-likeness (QED) is 0.345. The molecule has 0 saturated carbocycles. The summed E-state index contributed by atoms with van der Waals surface area (Å²) in [5.74, 6) is 0.720. The summed E-state index contributed by atoms with van der Waals surface area (Å²) in [7, 11) is 0. The zero-order valence-electron chi connectivity index (χ0n) is 20.1. The molecule has 1 atom stereocenters. The van der Waals surface area contributed by atoms with E-state index in [4.69, 9.17) is 13.8 Å². The van der Waals surface area contributed by atoms with Crippen molar-refractivity contribution in [2.24, 2.45) is 0 Å². The number of aromatic amines is 1. The second kappa shape index (κ2) is 8.12. The number of likely N-dealkylation sites (tertiary alicyclic amines) is 1. The number of aromatic nitrogens is 2. The van der Waals surface area contributed by atoms with Crippen molar-refractivity contribution in [3.8, 4) is 0 Å². The Bertz CT molecular complexity index is 1640. The number of benzene rings is 2. The number of hydrogen-bond acceptors (Lipinski definition) is 5. The van der Waals surface area contributed by atoms with Crippen molar-refractivity contribution in [1.82, 2.24) is 14.9 Å². The van der Waals surface area contributed by atoms with Crippen molar-refractivity contribution < 1.29 is 13.6 Å². The Labute approximate surface area is 201 Å². The number of fused-ring (bicyclic) bond motifs is 3. The van der Waals surface area contributed by atoms with E-state index < -0.39 is 5.63 Å². The fourth-order valence-electron chi connectivity index (χ4n) is 5.42. The smallest absolute Gasteiger partial charge is 0.340 e. The van der Waals surface area contributed by atoms with Crippen molar-refractivity contribution >= 4 is 38.9 Å². The van der Waals surface area contributed by atoms with E-state index in [0.29, 0.717) is 17.7 Å². The second-order valence-electron chi connectivity index (χ2n) is 9.58. The minimum Gasteiger partial charge on any atom is -0.464 e. The van der Waals surface area contributed by atoms with E-state index in [1.807, 2.05) is 56.0 Å². The monoisotopic (exact) mass is 469 g/mol. The first-order valence-corrected chi connectivity index (χ1v) is 12.1. The van der Waals surface area contributed by atoms with Gasteiger partial charge in [0, 0.05) is 22.9 Å². The molecule has 0 spiro atoms. The molecular weight excluding hydrogens is 442 g/mol. The molecule has 35 heavy (non-hydrogen) atoms. The molecule has 1 aliphatic rings. The number of carbonyl (C=O) groups excluding carboxylic acids is 1. The van der Waals surface area contributed by atoms with Crippen LogP contribution in [-0.4, -0.2) is 27.3 Å². The number of aryl methyl sites for hydroxylation is 3. The minimum absolute atomic E-state index is 0.00227. The van der Waals surface area contributed by atoms with Gasteiger partial charge in [0.05, 0.1) is 35.3 Å². The highest BCUT2D eigenvalue weighted by Crippen LogP contribution is 2.34. The summed E-state index contributed by atoms with van der Waals surface area (Å²) in [4.78, 5) is 36.7. The highest BCUT2D eigenvalue weighted by atomic mass is 16.4. The SMILES string of the molecule is Cc1coc2c(C)c3oc(=O)c(CC(=O)N4CCCC[C@@H]4c4nc5ccccc5[nH]4)c(C)c3cc12. The lowest BCUT2D eigenvalue weighted by Crippen LogP contribution is -2.40. The largest absolute Gasteiger partial charge is 0.464 e. The van der Waals surface area contributed by atoms with Gasteiger partial charge in [0.1, 0.15) is 17.0 Å². The van der Waals surface area contributed by atoms with Gasteiger partial charge in [-0.25, -0.2) is 9.78 Å². The number of imidazole rings is 1. The molecule has 6 rings (SSSR count). The van der Waals surface area contributed by atoms with Crippen LogP contribution in [0, 0.1) is 20.8 Å². The van der Waals surface area contributed by atoms with Crippen LogP contribution < -0.4 is 5.63 Å². The molecule has 1 fully saturated rings. The minimum atomic E-state index is -0.466. The number of nitrogens with one attached hydrogen (secondary N) is 1. The number of para-hydroxylation sites is 2. The molecular formula is C28H27N3O4. The first-order chi connectivity index (χ1) is 16.9. The molecule has 1 N–H and O–H groups in total. The van der Waals surface area contributed by atoms with Crippen molar-refractivity contribution in [2.45, 2.75) is 52.5 Å². The van der Waals surface area contributed by atoms with Gasteiger partial charge in [0.15, 0.2) is 0 Å². The number of rotatable bonds is 3. The molecule has 1 saturated heterocycles. The van der Waals surface area contributed by atoms with E-state index in [2.05, 4.69) is 4.98 Å². The maximum Gasteiger partial charge on any atom is 0.340 e. The van der Waals surface area contributed by atoms with Gasteiger partial charge in [-0.05, 0) is 69.4 Å². The van der Waals surface area contributed by atoms with Crippen LogP contribution in [0.15, 0.2) is 50.2 Å². The molecule has 7 nitrogen and oxygen atoms in total. The van der Waals surface area contributed by atoms with E-state index in [1.54, 1.807) is 6.26 Å². The molecule has 1 aliphatic heterocycles. The normalized spacial score (nSPS) is 16.5. The van der Waals surface area contributed by atoms with E-state index in [0.717, 1.165) is 69.2 Å². The topological polar surface area (TPSA) is 92.3 Å². The van der Waals surface area contributed by atoms with E-state index in [9.17, 15) is 9.59 Å². The first-order valence-electron chi connectivity index (χ1n) is 12.1. The predicted octanol–water partition coefficient (Wildman–Crippen LogP) is 5.64. The van der Waals surface area contributed by atoms with Gasteiger partial charge in [-0.1, -0.05) is 12.1 Å². The summed E-state index contributed by atoms with van der Waals surface area (Å²) in [6.07, 6.45) is 4.52. The molecule has 0 bridgehead atoms. The van der Waals surface area contributed by atoms with Crippen molar-refractivity contribution in [3.63, 3.8) is 0 Å². The van der Waals surface area contributed by atoms with Gasteiger partial charge in [0.25, 0.3) is 0 Å². The van der Waals surface area contributed by atoms with Crippen LogP contribution in [0.1, 0.15) is 53.4 Å². The van der Waals surface area contributed by atoms with Crippen LogP contribution in [0.2, 0.25) is 0 Å². The van der Waals surface area contributed by atoms with Crippen LogP contribution in [0.3, 0.4) is 0 Å². The molecule has 2 aromatic carbocycles. The van der Waals surface area contributed by atoms with Gasteiger partial charge >= 0.3 is 5.63 Å². The number of nitrogens with zero attached hydrogens (tertiary/aromatic N) is 2. The molecule has 1 amide bonds. The molecule has 5 aromatic rings. The Hall–Kier alpha value is -3.87. The average Bonchev–Trinajstić information content (AvgIpc) is 3.46. The highest BCUT2D eigenvalue weighted by Gasteiger charge is 2.31. The Kier molecular flexibility index (Phi) is 5.02. The van der Waals surface area contributed by atoms with E-state index in [-0.39, 0.29) is 18.4 Å². The average molecular weight is 470 g/mol. The first kappa shape index (κ1) is 21.6. The number of H-pyrrole nitrogens is 1. The molecule has 178 valence electrons. The summed E-state index contributed by atoms with van der Waals surface area (Å²) >= 11 is 0. The van der Waals surface area contributed by atoms with Crippen LogP contribution in [0.25, 0.3) is 33.0 Å². The summed E-state index contributed by atoms with van der Waals surface area (Å²) in [5.41, 5.74) is 5.65. The van der Waals surface area contributed by atoms with Crippen LogP contribution in [0.4, 0.5) is 0 Å². The number of piperidine rings is 1. The van der Waals surface area contributed by atoms with Gasteiger partial charge in [-0.3, -0.25) is 4.79 Å². The lowest BCUT2D eigenvalue weighted by Gasteiger charge is -2.34. The maximum absolute atomic E-state index is 13.6. The lowest BCUT2D eigenvalue weighted by molar-refractivity contribution is -0.134. The fraction of sp³-hybridized carbons (Fsp3) is 0.321. The fourth-order valence-corrected chi connectivity index (χ4v) is 5.42.